The van der Waals surface area contributed by atoms with E-state index >= 15 is 0 Å². The van der Waals surface area contributed by atoms with Crippen molar-refractivity contribution < 1.29 is 19.5 Å². The Morgan fingerprint density at radius 2 is 1.65 bits per heavy atom. The van der Waals surface area contributed by atoms with Crippen LogP contribution in [0.2, 0.25) is 10.0 Å². The van der Waals surface area contributed by atoms with Gasteiger partial charge in [-0.1, -0.05) is 34.7 Å². The largest absolute Gasteiger partial charge is 0.508 e. The van der Waals surface area contributed by atoms with Crippen LogP contribution in [0.4, 0.5) is 4.39 Å². The molecule has 2 radical (unpaired) electrons. The Bertz CT molecular complexity index is 597. The van der Waals surface area contributed by atoms with Crippen LogP contribution in [0.3, 0.4) is 0 Å². The number of hydrogen-bond acceptors (Lipinski definition) is 3. The van der Waals surface area contributed by atoms with Crippen molar-refractivity contribution in [2.45, 2.75) is 0 Å². The van der Waals surface area contributed by atoms with Gasteiger partial charge in [0.1, 0.15) is 19.4 Å². The van der Waals surface area contributed by atoms with Crippen molar-refractivity contribution in [2.75, 3.05) is 0 Å². The van der Waals surface area contributed by atoms with Gasteiger partial charge in [0.2, 0.25) is 0 Å². The minimum Gasteiger partial charge on any atom is -0.508 e. The molecule has 0 atom stereocenters. The van der Waals surface area contributed by atoms with E-state index in [1.165, 1.54) is 36.4 Å². The van der Waals surface area contributed by atoms with Crippen LogP contribution < -0.4 is 10.9 Å². The quantitative estimate of drug-likeness (QED) is 0.689. The third kappa shape index (κ3) is 5.06. The van der Waals surface area contributed by atoms with E-state index in [2.05, 4.69) is 0 Å². The smallest absolute Gasteiger partial charge is 0.490 e. The van der Waals surface area contributed by atoms with E-state index in [0.29, 0.717) is 5.46 Å². The highest BCUT2D eigenvalue weighted by molar-refractivity contribution is 6.62. The van der Waals surface area contributed by atoms with E-state index in [9.17, 15) is 4.39 Å². The highest BCUT2D eigenvalue weighted by Crippen LogP contribution is 2.12. The summed E-state index contributed by atoms with van der Waals surface area (Å²) in [4.78, 5) is 0. The van der Waals surface area contributed by atoms with Crippen LogP contribution in [0.5, 0.6) is 5.75 Å². The van der Waals surface area contributed by atoms with E-state index in [1.54, 1.807) is 0 Å². The Morgan fingerprint density at radius 3 is 2.10 bits per heavy atom. The minimum atomic E-state index is -1.64. The molecule has 3 nitrogen and oxygen atoms in total. The molecule has 0 saturated carbocycles. The average molecular weight is 313 g/mol. The fourth-order valence-electron chi connectivity index (χ4n) is 1.23. The van der Waals surface area contributed by atoms with E-state index in [0.717, 1.165) is 0 Å². The molecule has 0 aromatic heterocycles. The zero-order valence-electron chi connectivity index (χ0n) is 10.1. The van der Waals surface area contributed by atoms with Gasteiger partial charge >= 0.3 is 7.12 Å². The van der Waals surface area contributed by atoms with Gasteiger partial charge in [0, 0.05) is 15.5 Å². The van der Waals surface area contributed by atoms with Crippen LogP contribution in [-0.4, -0.2) is 30.1 Å². The van der Waals surface area contributed by atoms with Crippen molar-refractivity contribution in [1.82, 2.24) is 0 Å². The van der Waals surface area contributed by atoms with Gasteiger partial charge < -0.3 is 15.2 Å². The van der Waals surface area contributed by atoms with Gasteiger partial charge in [0.25, 0.3) is 0 Å². The normalized spacial score (nSPS) is 9.65. The van der Waals surface area contributed by atoms with Gasteiger partial charge in [-0.3, -0.25) is 0 Å². The van der Waals surface area contributed by atoms with Crippen molar-refractivity contribution in [3.63, 3.8) is 0 Å². The molecule has 0 spiro atoms. The van der Waals surface area contributed by atoms with E-state index in [4.69, 9.17) is 46.2 Å². The number of halogens is 3. The number of phenols is 1. The maximum Gasteiger partial charge on any atom is 0.490 e. The summed E-state index contributed by atoms with van der Waals surface area (Å²) in [6.45, 7) is 0. The summed E-state index contributed by atoms with van der Waals surface area (Å²) in [5, 5.41) is 26.8. The number of benzene rings is 2. The molecular weight excluding hydrogens is 304 g/mol. The van der Waals surface area contributed by atoms with Crippen LogP contribution in [0, 0.1) is 5.82 Å². The minimum absolute atomic E-state index is 0.0440. The summed E-state index contributed by atoms with van der Waals surface area (Å²) >= 11 is 11.0. The summed E-state index contributed by atoms with van der Waals surface area (Å²) in [5.74, 6) is -0.410. The predicted octanol–water partition coefficient (Wildman–Crippen LogP) is 0.998. The second-order valence-electron chi connectivity index (χ2n) is 3.75. The lowest BCUT2D eigenvalue weighted by molar-refractivity contribution is 0.424. The highest BCUT2D eigenvalue weighted by Gasteiger charge is 2.15. The van der Waals surface area contributed by atoms with Crippen molar-refractivity contribution >= 4 is 49.1 Å². The molecule has 20 heavy (non-hydrogen) atoms. The lowest BCUT2D eigenvalue weighted by Crippen LogP contribution is -2.30. The highest BCUT2D eigenvalue weighted by atomic mass is 35.5. The Morgan fingerprint density at radius 1 is 1.00 bits per heavy atom. The molecule has 0 bridgehead atoms. The molecule has 0 aliphatic rings. The summed E-state index contributed by atoms with van der Waals surface area (Å²) in [6, 6.07) is 7.84. The number of rotatable bonds is 1. The molecule has 0 saturated heterocycles. The van der Waals surface area contributed by atoms with Crippen LogP contribution in [0.1, 0.15) is 0 Å². The second kappa shape index (κ2) is 7.55. The Hall–Kier alpha value is -1.20. The number of phenolic OH excluding ortho intramolecular Hbond substituents is 1. The van der Waals surface area contributed by atoms with Crippen LogP contribution in [-0.2, 0) is 0 Å². The van der Waals surface area contributed by atoms with Crippen molar-refractivity contribution in [1.29, 1.82) is 0 Å². The third-order valence-corrected chi connectivity index (χ3v) is 2.89. The van der Waals surface area contributed by atoms with E-state index in [-0.39, 0.29) is 27.1 Å². The first-order chi connectivity index (χ1) is 9.31. The molecule has 8 heteroatoms. The summed E-state index contributed by atoms with van der Waals surface area (Å²) < 4.78 is 12.2. The lowest BCUT2D eigenvalue weighted by Gasteiger charge is -2.01. The maximum atomic E-state index is 12.2. The van der Waals surface area contributed by atoms with Crippen molar-refractivity contribution in [2.24, 2.45) is 0 Å². The SMILES string of the molecule is OB(O)c1cc(O)ccc1Cl.[B]c1ccc(F)cc1Cl. The van der Waals surface area contributed by atoms with Gasteiger partial charge in [-0.2, -0.15) is 0 Å². The van der Waals surface area contributed by atoms with E-state index in [1.807, 2.05) is 0 Å². The molecule has 0 heterocycles. The Balaban J connectivity index is 0.000000204. The van der Waals surface area contributed by atoms with Gasteiger partial charge in [0.15, 0.2) is 0 Å². The topological polar surface area (TPSA) is 60.7 Å². The van der Waals surface area contributed by atoms with Crippen LogP contribution in [0.25, 0.3) is 0 Å². The Labute approximate surface area is 127 Å². The Kier molecular flexibility index (Phi) is 6.36. The zero-order chi connectivity index (χ0) is 15.3. The first kappa shape index (κ1) is 16.9. The molecule has 3 N–H and O–H groups in total. The molecule has 0 fully saturated rings. The zero-order valence-corrected chi connectivity index (χ0v) is 11.6. The first-order valence-corrected chi connectivity index (χ1v) is 6.12. The fourth-order valence-corrected chi connectivity index (χ4v) is 1.61. The monoisotopic (exact) mass is 312 g/mol. The third-order valence-electron chi connectivity index (χ3n) is 2.22. The summed E-state index contributed by atoms with van der Waals surface area (Å²) in [6.07, 6.45) is 0. The number of aromatic hydroxyl groups is 1. The van der Waals surface area contributed by atoms with Gasteiger partial charge in [0.05, 0.1) is 0 Å². The summed E-state index contributed by atoms with van der Waals surface area (Å²) in [5.41, 5.74) is 0.504. The second-order valence-corrected chi connectivity index (χ2v) is 4.56. The molecule has 2 rings (SSSR count). The average Bonchev–Trinajstić information content (AvgIpc) is 2.38. The van der Waals surface area contributed by atoms with Crippen LogP contribution in [0.15, 0.2) is 36.4 Å². The van der Waals surface area contributed by atoms with E-state index < -0.39 is 7.12 Å². The van der Waals surface area contributed by atoms with Crippen LogP contribution >= 0.6 is 23.2 Å². The predicted molar refractivity (Wildman–Crippen MR) is 79.7 cm³/mol. The first-order valence-electron chi connectivity index (χ1n) is 5.36. The molecule has 2 aromatic rings. The molecule has 0 amide bonds. The maximum absolute atomic E-state index is 12.2. The molecule has 102 valence electrons. The molecule has 0 aliphatic carbocycles. The molecule has 0 unspecified atom stereocenters. The number of hydrogen-bond donors (Lipinski definition) is 3. The lowest BCUT2D eigenvalue weighted by atomic mass is 9.80. The molecular formula is C12H9B2Cl2FO3. The summed E-state index contributed by atoms with van der Waals surface area (Å²) in [7, 11) is 3.65. The van der Waals surface area contributed by atoms with Crippen molar-refractivity contribution in [3.05, 3.63) is 52.3 Å². The standard InChI is InChI=1S/C6H3BClF.C6H6BClO3/c7-5-2-1-4(9)3-6(5)8;8-6-2-1-4(9)3-5(6)7(10)11/h1-3H;1-3,9-11H. The molecule has 0 aliphatic heterocycles. The van der Waals surface area contributed by atoms with Gasteiger partial charge in [-0.15, -0.1) is 0 Å². The molecule has 2 aromatic carbocycles. The van der Waals surface area contributed by atoms with Gasteiger partial charge in [-0.05, 0) is 30.3 Å². The fraction of sp³-hybridized carbons (Fsp3) is 0. The van der Waals surface area contributed by atoms with Gasteiger partial charge in [-0.25, -0.2) is 4.39 Å². The van der Waals surface area contributed by atoms with Crippen molar-refractivity contribution in [3.8, 4) is 5.75 Å².